The second-order valence-corrected chi connectivity index (χ2v) is 5.17. The predicted molar refractivity (Wildman–Crippen MR) is 79.2 cm³/mol. The van der Waals surface area contributed by atoms with Gasteiger partial charge in [0, 0.05) is 16.1 Å². The standard InChI is InChI=1S/C15H8ClF4N3/c16-9-1-2-13-12(5-9)14(22-7-21-13)23-11-4-8(15(18,19)20)3-10(17)6-11/h1-7H,(H,21,22,23). The molecule has 8 heteroatoms. The third kappa shape index (κ3) is 3.34. The first-order chi connectivity index (χ1) is 10.8. The zero-order valence-electron chi connectivity index (χ0n) is 11.3. The van der Waals surface area contributed by atoms with Crippen molar-refractivity contribution in [2.24, 2.45) is 0 Å². The molecule has 1 N–H and O–H groups in total. The lowest BCUT2D eigenvalue weighted by atomic mass is 10.1. The summed E-state index contributed by atoms with van der Waals surface area (Å²) in [4.78, 5) is 8.02. The van der Waals surface area contributed by atoms with Crippen molar-refractivity contribution in [3.63, 3.8) is 0 Å². The van der Waals surface area contributed by atoms with Crippen LogP contribution in [0.5, 0.6) is 0 Å². The van der Waals surface area contributed by atoms with Crippen LogP contribution in [0.3, 0.4) is 0 Å². The van der Waals surface area contributed by atoms with Crippen molar-refractivity contribution < 1.29 is 17.6 Å². The Morgan fingerprint density at radius 1 is 1.00 bits per heavy atom. The Balaban J connectivity index is 2.06. The summed E-state index contributed by atoms with van der Waals surface area (Å²) in [6.45, 7) is 0. The van der Waals surface area contributed by atoms with Crippen LogP contribution in [0.25, 0.3) is 10.9 Å². The van der Waals surface area contributed by atoms with Gasteiger partial charge in [0.2, 0.25) is 0 Å². The van der Waals surface area contributed by atoms with E-state index in [9.17, 15) is 17.6 Å². The highest BCUT2D eigenvalue weighted by atomic mass is 35.5. The highest BCUT2D eigenvalue weighted by molar-refractivity contribution is 6.31. The van der Waals surface area contributed by atoms with E-state index in [1.807, 2.05) is 0 Å². The molecule has 0 amide bonds. The lowest BCUT2D eigenvalue weighted by Crippen LogP contribution is -2.06. The van der Waals surface area contributed by atoms with Crippen molar-refractivity contribution in [2.45, 2.75) is 6.18 Å². The van der Waals surface area contributed by atoms with Gasteiger partial charge in [-0.15, -0.1) is 0 Å². The maximum absolute atomic E-state index is 13.4. The highest BCUT2D eigenvalue weighted by Crippen LogP contribution is 2.33. The van der Waals surface area contributed by atoms with Gasteiger partial charge in [0.25, 0.3) is 0 Å². The van der Waals surface area contributed by atoms with Gasteiger partial charge in [-0.05, 0) is 36.4 Å². The van der Waals surface area contributed by atoms with E-state index in [0.29, 0.717) is 22.0 Å². The maximum Gasteiger partial charge on any atom is 0.416 e. The number of nitrogens with one attached hydrogen (secondary N) is 1. The number of nitrogens with zero attached hydrogens (tertiary/aromatic N) is 2. The van der Waals surface area contributed by atoms with Gasteiger partial charge >= 0.3 is 6.18 Å². The molecule has 0 fully saturated rings. The van der Waals surface area contributed by atoms with Crippen molar-refractivity contribution in [2.75, 3.05) is 5.32 Å². The van der Waals surface area contributed by atoms with E-state index in [-0.39, 0.29) is 11.5 Å². The van der Waals surface area contributed by atoms with E-state index >= 15 is 0 Å². The predicted octanol–water partition coefficient (Wildman–Crippen LogP) is 5.18. The van der Waals surface area contributed by atoms with E-state index in [4.69, 9.17) is 11.6 Å². The van der Waals surface area contributed by atoms with Crippen molar-refractivity contribution in [1.29, 1.82) is 0 Å². The number of anilines is 2. The monoisotopic (exact) mass is 341 g/mol. The minimum absolute atomic E-state index is 0.0719. The average Bonchev–Trinajstić information content (AvgIpc) is 2.46. The topological polar surface area (TPSA) is 37.8 Å². The Morgan fingerprint density at radius 3 is 2.52 bits per heavy atom. The van der Waals surface area contributed by atoms with E-state index < -0.39 is 17.6 Å². The molecule has 1 aromatic heterocycles. The molecule has 3 rings (SSSR count). The zero-order valence-corrected chi connectivity index (χ0v) is 12.1. The molecule has 0 saturated heterocycles. The van der Waals surface area contributed by atoms with Crippen LogP contribution in [0.15, 0.2) is 42.7 Å². The number of hydrogen-bond donors (Lipinski definition) is 1. The van der Waals surface area contributed by atoms with Crippen LogP contribution in [0.2, 0.25) is 5.02 Å². The fourth-order valence-electron chi connectivity index (χ4n) is 2.09. The van der Waals surface area contributed by atoms with Crippen LogP contribution < -0.4 is 5.32 Å². The summed E-state index contributed by atoms with van der Waals surface area (Å²) in [5.74, 6) is -0.769. The zero-order chi connectivity index (χ0) is 16.6. The van der Waals surface area contributed by atoms with Gasteiger partial charge < -0.3 is 5.32 Å². The summed E-state index contributed by atoms with van der Waals surface area (Å²) in [7, 11) is 0. The minimum Gasteiger partial charge on any atom is -0.340 e. The second kappa shape index (κ2) is 5.66. The minimum atomic E-state index is -4.64. The van der Waals surface area contributed by atoms with Gasteiger partial charge in [-0.2, -0.15) is 13.2 Å². The summed E-state index contributed by atoms with van der Waals surface area (Å²) in [6.07, 6.45) is -3.39. The van der Waals surface area contributed by atoms with Gasteiger partial charge in [-0.3, -0.25) is 0 Å². The number of aromatic nitrogens is 2. The fraction of sp³-hybridized carbons (Fsp3) is 0.0667. The summed E-state index contributed by atoms with van der Waals surface area (Å²) in [5.41, 5.74) is -0.604. The van der Waals surface area contributed by atoms with Crippen LogP contribution in [-0.2, 0) is 6.18 Å². The van der Waals surface area contributed by atoms with Crippen LogP contribution in [0.4, 0.5) is 29.1 Å². The van der Waals surface area contributed by atoms with Gasteiger partial charge in [0.1, 0.15) is 18.0 Å². The number of alkyl halides is 3. The van der Waals surface area contributed by atoms with Crippen molar-refractivity contribution in [1.82, 2.24) is 9.97 Å². The Labute approximate surface area is 132 Å². The Bertz CT molecular complexity index is 880. The molecule has 0 aliphatic rings. The lowest BCUT2D eigenvalue weighted by Gasteiger charge is -2.12. The molecule has 0 unspecified atom stereocenters. The van der Waals surface area contributed by atoms with Crippen LogP contribution in [0.1, 0.15) is 5.56 Å². The van der Waals surface area contributed by atoms with Crippen LogP contribution in [0, 0.1) is 5.82 Å². The average molecular weight is 342 g/mol. The molecule has 0 radical (unpaired) electrons. The summed E-state index contributed by atoms with van der Waals surface area (Å²) < 4.78 is 51.7. The van der Waals surface area contributed by atoms with Crippen molar-refractivity contribution in [3.05, 3.63) is 59.1 Å². The van der Waals surface area contributed by atoms with Gasteiger partial charge in [0.15, 0.2) is 0 Å². The van der Waals surface area contributed by atoms with Gasteiger partial charge in [-0.25, -0.2) is 14.4 Å². The molecule has 3 nitrogen and oxygen atoms in total. The lowest BCUT2D eigenvalue weighted by molar-refractivity contribution is -0.137. The molecule has 0 saturated carbocycles. The smallest absolute Gasteiger partial charge is 0.340 e. The number of fused-ring (bicyclic) bond motifs is 1. The molecule has 0 aliphatic carbocycles. The first kappa shape index (κ1) is 15.5. The Hall–Kier alpha value is -2.41. The fourth-order valence-corrected chi connectivity index (χ4v) is 2.26. The summed E-state index contributed by atoms with van der Waals surface area (Å²) in [5, 5.41) is 3.61. The van der Waals surface area contributed by atoms with Crippen LogP contribution in [-0.4, -0.2) is 9.97 Å². The molecule has 118 valence electrons. The highest BCUT2D eigenvalue weighted by Gasteiger charge is 2.31. The molecule has 3 aromatic rings. The summed E-state index contributed by atoms with van der Waals surface area (Å²) in [6, 6.07) is 7.04. The summed E-state index contributed by atoms with van der Waals surface area (Å²) >= 11 is 5.91. The molecular weight excluding hydrogens is 334 g/mol. The van der Waals surface area contributed by atoms with E-state index in [1.54, 1.807) is 18.2 Å². The molecule has 0 bridgehead atoms. The normalized spacial score (nSPS) is 11.7. The third-order valence-electron chi connectivity index (χ3n) is 3.09. The maximum atomic E-state index is 13.4. The quantitative estimate of drug-likeness (QED) is 0.652. The Morgan fingerprint density at radius 2 is 1.78 bits per heavy atom. The van der Waals surface area contributed by atoms with E-state index in [1.165, 1.54) is 6.33 Å². The SMILES string of the molecule is Fc1cc(Nc2ncnc3ccc(Cl)cc23)cc(C(F)(F)F)c1. The molecular formula is C15H8ClF4N3. The van der Waals surface area contributed by atoms with E-state index in [2.05, 4.69) is 15.3 Å². The van der Waals surface area contributed by atoms with Crippen molar-refractivity contribution in [3.8, 4) is 0 Å². The van der Waals surface area contributed by atoms with Crippen molar-refractivity contribution >= 4 is 34.0 Å². The number of benzene rings is 2. The molecule has 0 aliphatic heterocycles. The number of halogens is 5. The first-order valence-corrected chi connectivity index (χ1v) is 6.76. The largest absolute Gasteiger partial charge is 0.416 e. The third-order valence-corrected chi connectivity index (χ3v) is 3.32. The molecule has 1 heterocycles. The number of hydrogen-bond acceptors (Lipinski definition) is 3. The molecule has 0 atom stereocenters. The van der Waals surface area contributed by atoms with Gasteiger partial charge in [-0.1, -0.05) is 11.6 Å². The van der Waals surface area contributed by atoms with Gasteiger partial charge in [0.05, 0.1) is 11.1 Å². The van der Waals surface area contributed by atoms with Crippen LogP contribution >= 0.6 is 11.6 Å². The number of rotatable bonds is 2. The first-order valence-electron chi connectivity index (χ1n) is 6.38. The molecule has 23 heavy (non-hydrogen) atoms. The molecule has 0 spiro atoms. The second-order valence-electron chi connectivity index (χ2n) is 4.74. The molecule has 2 aromatic carbocycles. The van der Waals surface area contributed by atoms with E-state index in [0.717, 1.165) is 12.1 Å². The Kier molecular flexibility index (Phi) is 3.81.